The Hall–Kier alpha value is -3.10. The number of hydrogen-bond acceptors (Lipinski definition) is 7. The molecule has 3 N–H and O–H groups in total. The Bertz CT molecular complexity index is 1620. The molecular formula is C29H28ClF7N6O. The fraction of sp³-hybridized carbons (Fsp3) is 0.517. The molecule has 2 bridgehead atoms. The van der Waals surface area contributed by atoms with Crippen molar-refractivity contribution in [1.29, 1.82) is 0 Å². The second kappa shape index (κ2) is 10.5. The van der Waals surface area contributed by atoms with Crippen LogP contribution in [0, 0.1) is 23.3 Å². The zero-order chi connectivity index (χ0) is 31.1. The topological polar surface area (TPSA) is 79.5 Å². The molecular weight excluding hydrogens is 617 g/mol. The van der Waals surface area contributed by atoms with Gasteiger partial charge in [-0.2, -0.15) is 23.1 Å². The maximum absolute atomic E-state index is 16.6. The smallest absolute Gasteiger partial charge is 0.417 e. The quantitative estimate of drug-likeness (QED) is 0.151. The summed E-state index contributed by atoms with van der Waals surface area (Å²) in [5.41, 5.74) is -1.02. The zero-order valence-corrected chi connectivity index (χ0v) is 24.1. The third-order valence-electron chi connectivity index (χ3n) is 9.54. The number of nitrogens with zero attached hydrogens (tertiary/aromatic N) is 4. The molecule has 3 aromatic rings. The maximum atomic E-state index is 16.6. The number of nitrogens with one attached hydrogen (secondary N) is 1. The molecule has 1 aromatic heterocycles. The van der Waals surface area contributed by atoms with Crippen molar-refractivity contribution in [3.05, 3.63) is 39.9 Å². The summed E-state index contributed by atoms with van der Waals surface area (Å²) in [5.74, 6) is -7.81. The molecule has 4 saturated heterocycles. The Kier molecular flexibility index (Phi) is 7.05. The molecule has 2 atom stereocenters. The number of ether oxygens (including phenoxy) is 1. The fourth-order valence-corrected chi connectivity index (χ4v) is 7.73. The molecule has 2 unspecified atom stereocenters. The normalized spacial score (nSPS) is 23.1. The van der Waals surface area contributed by atoms with E-state index in [2.05, 4.69) is 20.2 Å². The third-order valence-corrected chi connectivity index (χ3v) is 9.93. The molecule has 5 heterocycles. The second-order valence-electron chi connectivity index (χ2n) is 12.1. The standard InChI is InChI=1S/C29H28ClF7N6O/c30-19-18(20(31)22(33)23(34)24(19)38)17-16(29(35,36)37)9-15-25(21(17)32)40-27(44-12-28-5-1-7-43(28)8-2-6-28)41-26(15)42-10-13-3-4-14(11-42)39-13/h9,13-14,39H,1-8,10-12,38H2. The van der Waals surface area contributed by atoms with E-state index in [9.17, 15) is 22.0 Å². The molecule has 4 aliphatic rings. The van der Waals surface area contributed by atoms with Gasteiger partial charge in [-0.15, -0.1) is 0 Å². The first kappa shape index (κ1) is 29.6. The van der Waals surface area contributed by atoms with Gasteiger partial charge >= 0.3 is 12.2 Å². The van der Waals surface area contributed by atoms with Crippen LogP contribution in [0.5, 0.6) is 6.01 Å². The number of alkyl halides is 3. The first-order chi connectivity index (χ1) is 20.9. The lowest BCUT2D eigenvalue weighted by atomic mass is 9.94. The summed E-state index contributed by atoms with van der Waals surface area (Å²) >= 11 is 5.97. The molecule has 7 rings (SSSR count). The highest BCUT2D eigenvalue weighted by Gasteiger charge is 2.45. The van der Waals surface area contributed by atoms with Gasteiger partial charge in [-0.05, 0) is 57.7 Å². The molecule has 0 aliphatic carbocycles. The van der Waals surface area contributed by atoms with E-state index >= 15 is 8.78 Å². The van der Waals surface area contributed by atoms with Crippen molar-refractivity contribution in [2.45, 2.75) is 62.3 Å². The Morgan fingerprint density at radius 1 is 0.955 bits per heavy atom. The van der Waals surface area contributed by atoms with E-state index in [1.165, 1.54) is 0 Å². The van der Waals surface area contributed by atoms with E-state index in [4.69, 9.17) is 22.1 Å². The van der Waals surface area contributed by atoms with Gasteiger partial charge in [-0.3, -0.25) is 4.90 Å². The predicted molar refractivity (Wildman–Crippen MR) is 150 cm³/mol. The van der Waals surface area contributed by atoms with Crippen molar-refractivity contribution in [2.75, 3.05) is 43.4 Å². The first-order valence-corrected chi connectivity index (χ1v) is 14.9. The van der Waals surface area contributed by atoms with Crippen LogP contribution in [-0.2, 0) is 6.18 Å². The number of hydrogen-bond donors (Lipinski definition) is 2. The minimum atomic E-state index is -5.28. The summed E-state index contributed by atoms with van der Waals surface area (Å²) in [4.78, 5) is 12.8. The van der Waals surface area contributed by atoms with Crippen molar-refractivity contribution >= 4 is 34.0 Å². The van der Waals surface area contributed by atoms with Gasteiger partial charge in [-0.25, -0.2) is 17.6 Å². The van der Waals surface area contributed by atoms with Crippen LogP contribution >= 0.6 is 11.6 Å². The molecule has 236 valence electrons. The highest BCUT2D eigenvalue weighted by atomic mass is 35.5. The van der Waals surface area contributed by atoms with Crippen molar-refractivity contribution in [3.63, 3.8) is 0 Å². The highest BCUT2D eigenvalue weighted by molar-refractivity contribution is 6.36. The molecule has 0 amide bonds. The lowest BCUT2D eigenvalue weighted by molar-refractivity contribution is -0.137. The number of nitrogen functional groups attached to an aromatic ring is 1. The molecule has 4 fully saturated rings. The summed E-state index contributed by atoms with van der Waals surface area (Å²) in [6.45, 7) is 2.81. The van der Waals surface area contributed by atoms with Crippen LogP contribution in [0.2, 0.25) is 5.02 Å². The molecule has 15 heteroatoms. The summed E-state index contributed by atoms with van der Waals surface area (Å²) < 4.78 is 110. The lowest BCUT2D eigenvalue weighted by Crippen LogP contribution is -2.51. The largest absolute Gasteiger partial charge is 0.461 e. The first-order valence-electron chi connectivity index (χ1n) is 14.5. The van der Waals surface area contributed by atoms with Crippen molar-refractivity contribution in [1.82, 2.24) is 20.2 Å². The maximum Gasteiger partial charge on any atom is 0.417 e. The number of anilines is 2. The van der Waals surface area contributed by atoms with Gasteiger partial charge in [0.25, 0.3) is 0 Å². The number of fused-ring (bicyclic) bond motifs is 4. The molecule has 7 nitrogen and oxygen atoms in total. The second-order valence-corrected chi connectivity index (χ2v) is 12.5. The van der Waals surface area contributed by atoms with Crippen molar-refractivity contribution in [3.8, 4) is 17.1 Å². The van der Waals surface area contributed by atoms with Gasteiger partial charge in [-0.1, -0.05) is 11.6 Å². The average Bonchev–Trinajstić information content (AvgIpc) is 3.67. The monoisotopic (exact) mass is 644 g/mol. The lowest BCUT2D eigenvalue weighted by Gasteiger charge is -2.35. The van der Waals surface area contributed by atoms with E-state index in [1.54, 1.807) is 4.90 Å². The van der Waals surface area contributed by atoms with Crippen LogP contribution in [0.1, 0.15) is 44.1 Å². The van der Waals surface area contributed by atoms with Crippen LogP contribution in [0.4, 0.5) is 42.2 Å². The van der Waals surface area contributed by atoms with Crippen LogP contribution in [0.25, 0.3) is 22.0 Å². The van der Waals surface area contributed by atoms with Gasteiger partial charge in [0.1, 0.15) is 17.9 Å². The van der Waals surface area contributed by atoms with Gasteiger partial charge < -0.3 is 20.7 Å². The molecule has 4 aliphatic heterocycles. The van der Waals surface area contributed by atoms with E-state index < -0.39 is 62.4 Å². The van der Waals surface area contributed by atoms with E-state index in [0.717, 1.165) is 51.6 Å². The van der Waals surface area contributed by atoms with Crippen LogP contribution in [0.15, 0.2) is 6.07 Å². The number of rotatable bonds is 5. The molecule has 0 radical (unpaired) electrons. The fourth-order valence-electron chi connectivity index (χ4n) is 7.47. The van der Waals surface area contributed by atoms with Crippen LogP contribution in [0.3, 0.4) is 0 Å². The minimum Gasteiger partial charge on any atom is -0.461 e. The Balaban J connectivity index is 1.44. The van der Waals surface area contributed by atoms with Gasteiger partial charge in [0.05, 0.1) is 21.8 Å². The molecule has 0 spiro atoms. The number of benzene rings is 2. The average molecular weight is 645 g/mol. The predicted octanol–water partition coefficient (Wildman–Crippen LogP) is 6.06. The van der Waals surface area contributed by atoms with E-state index in [1.807, 2.05) is 0 Å². The minimum absolute atomic E-state index is 0.0305. The van der Waals surface area contributed by atoms with Gasteiger partial charge in [0, 0.05) is 41.7 Å². The van der Waals surface area contributed by atoms with Gasteiger partial charge in [0.15, 0.2) is 23.3 Å². The van der Waals surface area contributed by atoms with Crippen molar-refractivity contribution in [2.24, 2.45) is 0 Å². The van der Waals surface area contributed by atoms with Crippen LogP contribution in [-0.4, -0.2) is 65.3 Å². The van der Waals surface area contributed by atoms with E-state index in [0.29, 0.717) is 19.2 Å². The molecule has 0 saturated carbocycles. The Morgan fingerprint density at radius 3 is 2.25 bits per heavy atom. The number of halogens is 8. The number of nitrogens with two attached hydrogens (primary N) is 1. The van der Waals surface area contributed by atoms with E-state index in [-0.39, 0.29) is 41.4 Å². The highest BCUT2D eigenvalue weighted by Crippen LogP contribution is 2.48. The Morgan fingerprint density at radius 2 is 1.61 bits per heavy atom. The zero-order valence-electron chi connectivity index (χ0n) is 23.3. The summed E-state index contributed by atoms with van der Waals surface area (Å²) in [6, 6.07) is 0.444. The SMILES string of the molecule is Nc1c(F)c(F)c(F)c(-c2c(C(F)(F)F)cc3c(N4CC5CCC(C4)N5)nc(OCC45CCCN4CCC5)nc3c2F)c1Cl. The number of piperazine rings is 1. The number of aromatic nitrogens is 2. The van der Waals surface area contributed by atoms with Crippen LogP contribution < -0.4 is 20.7 Å². The molecule has 2 aromatic carbocycles. The summed E-state index contributed by atoms with van der Waals surface area (Å²) in [7, 11) is 0. The summed E-state index contributed by atoms with van der Waals surface area (Å²) in [5, 5.41) is 2.04. The van der Waals surface area contributed by atoms with Gasteiger partial charge in [0.2, 0.25) is 0 Å². The summed E-state index contributed by atoms with van der Waals surface area (Å²) in [6.07, 6.45) is 0.176. The molecule has 44 heavy (non-hydrogen) atoms. The Labute approximate surface area is 252 Å². The third kappa shape index (κ3) is 4.63. The van der Waals surface area contributed by atoms with Crippen molar-refractivity contribution < 1.29 is 35.5 Å².